The lowest BCUT2D eigenvalue weighted by atomic mass is 10.2. The molecular formula is C13H15BrN3-. The van der Waals surface area contributed by atoms with E-state index in [0.717, 1.165) is 32.0 Å². The lowest BCUT2D eigenvalue weighted by Gasteiger charge is -2.26. The minimum Gasteiger partial charge on any atom is -1.00 e. The summed E-state index contributed by atoms with van der Waals surface area (Å²) < 4.78 is 0. The summed E-state index contributed by atoms with van der Waals surface area (Å²) in [4.78, 5) is 9.17. The van der Waals surface area contributed by atoms with Crippen molar-refractivity contribution < 1.29 is 17.0 Å². The molecule has 0 atom stereocenters. The molecule has 2 aliphatic rings. The highest BCUT2D eigenvalue weighted by atomic mass is 79.9. The van der Waals surface area contributed by atoms with Crippen molar-refractivity contribution in [3.63, 3.8) is 0 Å². The van der Waals surface area contributed by atoms with Gasteiger partial charge >= 0.3 is 0 Å². The number of anilines is 2. The van der Waals surface area contributed by atoms with Gasteiger partial charge in [-0.3, -0.25) is 4.99 Å². The smallest absolute Gasteiger partial charge is 0.206 e. The number of guanidine groups is 1. The van der Waals surface area contributed by atoms with Crippen molar-refractivity contribution in [1.82, 2.24) is 0 Å². The molecule has 2 aliphatic heterocycles. The zero-order chi connectivity index (χ0) is 11.0. The summed E-state index contributed by atoms with van der Waals surface area (Å²) in [6.07, 6.45) is 3.07. The first-order chi connectivity index (χ1) is 7.92. The van der Waals surface area contributed by atoms with Crippen LogP contribution in [0.4, 0.5) is 11.4 Å². The van der Waals surface area contributed by atoms with Crippen molar-refractivity contribution in [1.29, 1.82) is 0 Å². The number of para-hydroxylation sites is 2. The molecule has 3 nitrogen and oxygen atoms in total. The molecule has 0 aromatic heterocycles. The molecule has 0 saturated carbocycles. The van der Waals surface area contributed by atoms with Crippen LogP contribution in [-0.4, -0.2) is 25.6 Å². The SMILES string of the molecule is C=CCN1C2=NCCCN2c2ccccc21.[Br-]. The summed E-state index contributed by atoms with van der Waals surface area (Å²) in [6, 6.07) is 8.48. The van der Waals surface area contributed by atoms with Crippen molar-refractivity contribution in [2.24, 2.45) is 4.99 Å². The van der Waals surface area contributed by atoms with Gasteiger partial charge in [-0.25, -0.2) is 0 Å². The first kappa shape index (κ1) is 12.2. The van der Waals surface area contributed by atoms with Crippen molar-refractivity contribution in [3.8, 4) is 0 Å². The van der Waals surface area contributed by atoms with E-state index in [2.05, 4.69) is 45.6 Å². The van der Waals surface area contributed by atoms with E-state index < -0.39 is 0 Å². The normalized spacial score (nSPS) is 16.8. The first-order valence-corrected chi connectivity index (χ1v) is 5.71. The van der Waals surface area contributed by atoms with Crippen LogP contribution in [0.3, 0.4) is 0 Å². The van der Waals surface area contributed by atoms with E-state index in [1.54, 1.807) is 0 Å². The third kappa shape index (κ3) is 1.86. The number of nitrogens with zero attached hydrogens (tertiary/aromatic N) is 3. The Labute approximate surface area is 112 Å². The van der Waals surface area contributed by atoms with Crippen molar-refractivity contribution in [2.45, 2.75) is 6.42 Å². The van der Waals surface area contributed by atoms with Crippen molar-refractivity contribution in [3.05, 3.63) is 36.9 Å². The zero-order valence-corrected chi connectivity index (χ0v) is 11.2. The third-order valence-corrected chi connectivity index (χ3v) is 3.05. The van der Waals surface area contributed by atoms with E-state index in [9.17, 15) is 0 Å². The van der Waals surface area contributed by atoms with Crippen LogP contribution in [0.2, 0.25) is 0 Å². The summed E-state index contributed by atoms with van der Waals surface area (Å²) in [6.45, 7) is 6.66. The van der Waals surface area contributed by atoms with Gasteiger partial charge in [-0.15, -0.1) is 6.58 Å². The molecule has 1 aromatic carbocycles. The fourth-order valence-electron chi connectivity index (χ4n) is 2.39. The maximum absolute atomic E-state index is 4.63. The second-order valence-corrected chi connectivity index (χ2v) is 4.07. The summed E-state index contributed by atoms with van der Waals surface area (Å²) in [5, 5.41) is 0. The molecule has 1 aromatic rings. The Hall–Kier alpha value is -1.29. The fourth-order valence-corrected chi connectivity index (χ4v) is 2.39. The molecule has 0 amide bonds. The number of rotatable bonds is 2. The van der Waals surface area contributed by atoms with Gasteiger partial charge in [-0.2, -0.15) is 0 Å². The summed E-state index contributed by atoms with van der Waals surface area (Å²) in [7, 11) is 0. The van der Waals surface area contributed by atoms with Crippen molar-refractivity contribution in [2.75, 3.05) is 29.4 Å². The molecule has 0 bridgehead atoms. The number of halogens is 1. The van der Waals surface area contributed by atoms with Crippen LogP contribution >= 0.6 is 0 Å². The Bertz CT molecular complexity index is 456. The molecule has 0 aliphatic carbocycles. The lowest BCUT2D eigenvalue weighted by molar-refractivity contribution is -0.00000315. The second-order valence-electron chi connectivity index (χ2n) is 4.07. The van der Waals surface area contributed by atoms with Gasteiger partial charge in [0.1, 0.15) is 0 Å². The molecule has 2 heterocycles. The minimum absolute atomic E-state index is 0. The highest BCUT2D eigenvalue weighted by Crippen LogP contribution is 2.37. The van der Waals surface area contributed by atoms with Crippen LogP contribution in [0.1, 0.15) is 6.42 Å². The van der Waals surface area contributed by atoms with E-state index >= 15 is 0 Å². The molecule has 0 fully saturated rings. The van der Waals surface area contributed by atoms with Crippen LogP contribution in [0.25, 0.3) is 0 Å². The topological polar surface area (TPSA) is 18.8 Å². The molecule has 17 heavy (non-hydrogen) atoms. The standard InChI is InChI=1S/C13H15N3.BrH/c1-2-9-15-11-6-3-4-7-12(11)16-10-5-8-14-13(15)16;/h2-4,6-7H,1,5,8-10H2;1H/p-1. The highest BCUT2D eigenvalue weighted by molar-refractivity contribution is 6.16. The lowest BCUT2D eigenvalue weighted by Crippen LogP contribution is -3.00. The van der Waals surface area contributed by atoms with Gasteiger partial charge in [0.05, 0.1) is 11.4 Å². The molecule has 0 N–H and O–H groups in total. The minimum atomic E-state index is 0. The van der Waals surface area contributed by atoms with Gasteiger partial charge in [-0.1, -0.05) is 18.2 Å². The molecule has 0 saturated heterocycles. The molecule has 0 spiro atoms. The van der Waals surface area contributed by atoms with E-state index in [1.165, 1.54) is 11.4 Å². The quantitative estimate of drug-likeness (QED) is 0.669. The number of hydrogen-bond donors (Lipinski definition) is 0. The van der Waals surface area contributed by atoms with Crippen LogP contribution in [0.15, 0.2) is 41.9 Å². The summed E-state index contributed by atoms with van der Waals surface area (Å²) in [5.74, 6) is 1.09. The van der Waals surface area contributed by atoms with E-state index in [1.807, 2.05) is 6.08 Å². The van der Waals surface area contributed by atoms with Gasteiger partial charge < -0.3 is 26.8 Å². The maximum Gasteiger partial charge on any atom is 0.206 e. The predicted molar refractivity (Wildman–Crippen MR) is 68.3 cm³/mol. The molecule has 0 radical (unpaired) electrons. The molecule has 3 rings (SSSR count). The summed E-state index contributed by atoms with van der Waals surface area (Å²) in [5.41, 5.74) is 2.53. The average Bonchev–Trinajstić information content (AvgIpc) is 2.66. The van der Waals surface area contributed by atoms with Crippen LogP contribution in [-0.2, 0) is 0 Å². The molecule has 4 heteroatoms. The Kier molecular flexibility index (Phi) is 3.52. The largest absolute Gasteiger partial charge is 1.00 e. The second kappa shape index (κ2) is 4.92. The monoisotopic (exact) mass is 292 g/mol. The predicted octanol–water partition coefficient (Wildman–Crippen LogP) is -0.737. The van der Waals surface area contributed by atoms with Crippen molar-refractivity contribution >= 4 is 17.3 Å². The molecular weight excluding hydrogens is 278 g/mol. The van der Waals surface area contributed by atoms with Gasteiger partial charge in [0.2, 0.25) is 5.96 Å². The van der Waals surface area contributed by atoms with Gasteiger partial charge in [-0.05, 0) is 18.6 Å². The van der Waals surface area contributed by atoms with E-state index in [4.69, 9.17) is 0 Å². The number of benzene rings is 1. The number of hydrogen-bond acceptors (Lipinski definition) is 3. The number of fused-ring (bicyclic) bond motifs is 3. The van der Waals surface area contributed by atoms with Crippen LogP contribution in [0, 0.1) is 0 Å². The molecule has 90 valence electrons. The van der Waals surface area contributed by atoms with Crippen LogP contribution < -0.4 is 26.8 Å². The number of aliphatic imine (C=N–C) groups is 1. The Morgan fingerprint density at radius 3 is 2.82 bits per heavy atom. The highest BCUT2D eigenvalue weighted by Gasteiger charge is 2.32. The third-order valence-electron chi connectivity index (χ3n) is 3.05. The average molecular weight is 293 g/mol. The summed E-state index contributed by atoms with van der Waals surface area (Å²) >= 11 is 0. The fraction of sp³-hybridized carbons (Fsp3) is 0.308. The maximum atomic E-state index is 4.63. The van der Waals surface area contributed by atoms with Gasteiger partial charge in [0.25, 0.3) is 0 Å². The Morgan fingerprint density at radius 2 is 2.06 bits per heavy atom. The first-order valence-electron chi connectivity index (χ1n) is 5.71. The zero-order valence-electron chi connectivity index (χ0n) is 9.64. The Morgan fingerprint density at radius 1 is 1.29 bits per heavy atom. The van der Waals surface area contributed by atoms with Crippen LogP contribution in [0.5, 0.6) is 0 Å². The van der Waals surface area contributed by atoms with Gasteiger partial charge in [0.15, 0.2) is 0 Å². The van der Waals surface area contributed by atoms with E-state index in [0.29, 0.717) is 0 Å². The Balaban J connectivity index is 0.00000108. The van der Waals surface area contributed by atoms with E-state index in [-0.39, 0.29) is 17.0 Å². The van der Waals surface area contributed by atoms with Gasteiger partial charge in [0, 0.05) is 19.6 Å². The molecule has 0 unspecified atom stereocenters.